The molecule has 0 bridgehead atoms. The van der Waals surface area contributed by atoms with Crippen molar-refractivity contribution in [1.82, 2.24) is 5.32 Å². The van der Waals surface area contributed by atoms with Crippen LogP contribution in [0.2, 0.25) is 0 Å². The largest absolute Gasteiger partial charge is 0.489 e. The predicted octanol–water partition coefficient (Wildman–Crippen LogP) is 2.03. The Morgan fingerprint density at radius 2 is 2.05 bits per heavy atom. The quantitative estimate of drug-likeness (QED) is 0.852. The lowest BCUT2D eigenvalue weighted by Gasteiger charge is -2.17. The van der Waals surface area contributed by atoms with E-state index in [0.29, 0.717) is 29.0 Å². The van der Waals surface area contributed by atoms with E-state index in [-0.39, 0.29) is 17.6 Å². The monoisotopic (exact) mass is 333 g/mol. The molecule has 6 nitrogen and oxygen atoms in total. The molecule has 1 unspecified atom stereocenters. The second kappa shape index (κ2) is 5.73. The lowest BCUT2D eigenvalue weighted by atomic mass is 10.1. The van der Waals surface area contributed by atoms with Crippen LogP contribution >= 0.6 is 10.7 Å². The van der Waals surface area contributed by atoms with Gasteiger partial charge in [-0.1, -0.05) is 0 Å². The number of halogens is 1. The number of carbonyl (C=O) groups is 1. The molecule has 1 heterocycles. The number of carbonyl (C=O) groups excluding carboxylic acids is 1. The van der Waals surface area contributed by atoms with Gasteiger partial charge < -0.3 is 14.8 Å². The highest BCUT2D eigenvalue weighted by Crippen LogP contribution is 2.32. The number of amides is 1. The van der Waals surface area contributed by atoms with Crippen molar-refractivity contribution in [3.63, 3.8) is 0 Å². The molecule has 1 aromatic rings. The van der Waals surface area contributed by atoms with Gasteiger partial charge in [-0.25, -0.2) is 13.2 Å². The summed E-state index contributed by atoms with van der Waals surface area (Å²) in [5.41, 5.74) is 1.91. The van der Waals surface area contributed by atoms with E-state index in [9.17, 15) is 13.2 Å². The highest BCUT2D eigenvalue weighted by atomic mass is 35.7. The van der Waals surface area contributed by atoms with Crippen LogP contribution in [0.1, 0.15) is 16.7 Å². The molecule has 0 aromatic heterocycles. The molecule has 8 heteroatoms. The van der Waals surface area contributed by atoms with Gasteiger partial charge in [0.25, 0.3) is 9.05 Å². The zero-order chi connectivity index (χ0) is 15.8. The summed E-state index contributed by atoms with van der Waals surface area (Å²) in [6.07, 6.45) is -0.815. The summed E-state index contributed by atoms with van der Waals surface area (Å²) in [4.78, 5) is 11.0. The Kier molecular flexibility index (Phi) is 4.34. The minimum Gasteiger partial charge on any atom is -0.489 e. The lowest BCUT2D eigenvalue weighted by Crippen LogP contribution is -2.22. The molecular weight excluding hydrogens is 318 g/mol. The van der Waals surface area contributed by atoms with E-state index in [4.69, 9.17) is 20.2 Å². The van der Waals surface area contributed by atoms with E-state index in [1.54, 1.807) is 20.8 Å². The van der Waals surface area contributed by atoms with Crippen molar-refractivity contribution in [2.75, 3.05) is 13.2 Å². The molecule has 1 amide bonds. The number of nitrogens with one attached hydrogen (secondary N) is 1. The number of rotatable bonds is 4. The van der Waals surface area contributed by atoms with E-state index in [1.807, 2.05) is 0 Å². The van der Waals surface area contributed by atoms with Crippen molar-refractivity contribution >= 4 is 25.8 Å². The van der Waals surface area contributed by atoms with Crippen LogP contribution in [0.3, 0.4) is 0 Å². The van der Waals surface area contributed by atoms with Crippen molar-refractivity contribution in [3.8, 4) is 5.75 Å². The van der Waals surface area contributed by atoms with Crippen LogP contribution in [0.15, 0.2) is 11.0 Å². The van der Waals surface area contributed by atoms with Gasteiger partial charge in [0.05, 0.1) is 11.4 Å². The number of ether oxygens (including phenoxy) is 2. The van der Waals surface area contributed by atoms with Gasteiger partial charge in [-0.15, -0.1) is 0 Å². The summed E-state index contributed by atoms with van der Waals surface area (Å²) >= 11 is 0. The molecule has 0 saturated carbocycles. The fourth-order valence-electron chi connectivity index (χ4n) is 2.20. The first-order chi connectivity index (χ1) is 9.70. The van der Waals surface area contributed by atoms with Crippen molar-refractivity contribution in [1.29, 1.82) is 0 Å². The van der Waals surface area contributed by atoms with Gasteiger partial charge in [0.2, 0.25) is 0 Å². The second-order valence-electron chi connectivity index (χ2n) is 4.93. The molecular formula is C13H16ClNO5S. The minimum atomic E-state index is -3.80. The second-order valence-corrected chi connectivity index (χ2v) is 7.46. The lowest BCUT2D eigenvalue weighted by molar-refractivity contribution is 0.104. The average Bonchev–Trinajstić information content (AvgIpc) is 2.78. The summed E-state index contributed by atoms with van der Waals surface area (Å²) in [5.74, 6) is 0.583. The van der Waals surface area contributed by atoms with Gasteiger partial charge in [-0.2, -0.15) is 0 Å². The molecule has 1 atom stereocenters. The fourth-order valence-corrected chi connectivity index (χ4v) is 3.51. The van der Waals surface area contributed by atoms with Gasteiger partial charge in [-0.05, 0) is 43.5 Å². The third-order valence-corrected chi connectivity index (χ3v) is 4.85. The predicted molar refractivity (Wildman–Crippen MR) is 77.5 cm³/mol. The maximum absolute atomic E-state index is 11.5. The van der Waals surface area contributed by atoms with Crippen LogP contribution in [0.5, 0.6) is 5.75 Å². The summed E-state index contributed by atoms with van der Waals surface area (Å²) in [6, 6.07) is 1.49. The topological polar surface area (TPSA) is 81.7 Å². The normalized spacial score (nSPS) is 18.3. The van der Waals surface area contributed by atoms with E-state index < -0.39 is 15.1 Å². The molecule has 1 N–H and O–H groups in total. The van der Waals surface area contributed by atoms with Crippen molar-refractivity contribution in [2.45, 2.75) is 31.8 Å². The van der Waals surface area contributed by atoms with Crippen LogP contribution in [0, 0.1) is 20.8 Å². The Morgan fingerprint density at radius 3 is 2.57 bits per heavy atom. The number of benzene rings is 1. The molecule has 1 saturated heterocycles. The Bertz CT molecular complexity index is 686. The SMILES string of the molecule is Cc1cc(S(=O)(=O)Cl)c(C)c(C)c1OCC1CNC(=O)O1. The van der Waals surface area contributed by atoms with Crippen molar-refractivity contribution < 1.29 is 22.7 Å². The summed E-state index contributed by atoms with van der Waals surface area (Å²) in [7, 11) is 1.63. The molecule has 21 heavy (non-hydrogen) atoms. The van der Waals surface area contributed by atoms with Gasteiger partial charge >= 0.3 is 6.09 Å². The van der Waals surface area contributed by atoms with Crippen LogP contribution in [-0.4, -0.2) is 33.8 Å². The van der Waals surface area contributed by atoms with Crippen LogP contribution in [0.4, 0.5) is 4.79 Å². The smallest absolute Gasteiger partial charge is 0.407 e. The van der Waals surface area contributed by atoms with E-state index in [1.165, 1.54) is 6.07 Å². The van der Waals surface area contributed by atoms with E-state index >= 15 is 0 Å². The van der Waals surface area contributed by atoms with Gasteiger partial charge in [0.15, 0.2) is 6.10 Å². The van der Waals surface area contributed by atoms with Crippen LogP contribution in [0.25, 0.3) is 0 Å². The maximum atomic E-state index is 11.5. The Balaban J connectivity index is 2.25. The summed E-state index contributed by atoms with van der Waals surface area (Å²) in [6.45, 7) is 5.78. The summed E-state index contributed by atoms with van der Waals surface area (Å²) < 4.78 is 33.7. The standard InChI is InChI=1S/C13H16ClNO5S/c1-7-4-11(21(14,17)18)8(2)9(3)12(7)19-6-10-5-15-13(16)20-10/h4,10H,5-6H2,1-3H3,(H,15,16). The van der Waals surface area contributed by atoms with Crippen LogP contribution in [-0.2, 0) is 13.8 Å². The third-order valence-electron chi connectivity index (χ3n) is 3.40. The molecule has 1 aliphatic heterocycles. The van der Waals surface area contributed by atoms with E-state index in [2.05, 4.69) is 5.32 Å². The van der Waals surface area contributed by atoms with Gasteiger partial charge in [0, 0.05) is 10.7 Å². The molecule has 2 rings (SSSR count). The maximum Gasteiger partial charge on any atom is 0.407 e. The van der Waals surface area contributed by atoms with Crippen LogP contribution < -0.4 is 10.1 Å². The Morgan fingerprint density at radius 1 is 1.38 bits per heavy atom. The minimum absolute atomic E-state index is 0.0838. The zero-order valence-corrected chi connectivity index (χ0v) is 13.5. The molecule has 0 radical (unpaired) electrons. The highest BCUT2D eigenvalue weighted by Gasteiger charge is 2.24. The van der Waals surface area contributed by atoms with Crippen molar-refractivity contribution in [3.05, 3.63) is 22.8 Å². The molecule has 1 aromatic carbocycles. The van der Waals surface area contributed by atoms with Gasteiger partial charge in [0.1, 0.15) is 12.4 Å². The summed E-state index contributed by atoms with van der Waals surface area (Å²) in [5, 5.41) is 2.54. The highest BCUT2D eigenvalue weighted by molar-refractivity contribution is 8.13. The number of aryl methyl sites for hydroxylation is 1. The van der Waals surface area contributed by atoms with E-state index in [0.717, 1.165) is 0 Å². The molecule has 116 valence electrons. The molecule has 0 aliphatic carbocycles. The Labute approximate surface area is 127 Å². The van der Waals surface area contributed by atoms with Gasteiger partial charge in [-0.3, -0.25) is 0 Å². The first-order valence-corrected chi connectivity index (χ1v) is 8.64. The first-order valence-electron chi connectivity index (χ1n) is 6.33. The number of hydrogen-bond acceptors (Lipinski definition) is 5. The Hall–Kier alpha value is -1.47. The fraction of sp³-hybridized carbons (Fsp3) is 0.462. The number of alkyl carbamates (subject to hydrolysis) is 1. The van der Waals surface area contributed by atoms with Crippen molar-refractivity contribution in [2.24, 2.45) is 0 Å². The molecule has 1 fully saturated rings. The molecule has 0 spiro atoms. The zero-order valence-electron chi connectivity index (χ0n) is 11.9. The number of hydrogen-bond donors (Lipinski definition) is 1. The third kappa shape index (κ3) is 3.41. The number of cyclic esters (lactones) is 1. The molecule has 1 aliphatic rings. The first kappa shape index (κ1) is 15.9. The average molecular weight is 334 g/mol.